The van der Waals surface area contributed by atoms with E-state index in [1.807, 2.05) is 6.92 Å². The number of nitrogens with one attached hydrogen (secondary N) is 2. The molecule has 0 aromatic heterocycles. The fraction of sp³-hybridized carbons (Fsp3) is 0.167. The van der Waals surface area contributed by atoms with Crippen LogP contribution >= 0.6 is 0 Å². The fourth-order valence-corrected chi connectivity index (χ4v) is 4.54. The van der Waals surface area contributed by atoms with E-state index in [-0.39, 0.29) is 16.5 Å². The van der Waals surface area contributed by atoms with Crippen molar-refractivity contribution in [3.63, 3.8) is 0 Å². The molecule has 3 aromatic carbocycles. The van der Waals surface area contributed by atoms with Gasteiger partial charge in [0.15, 0.2) is 0 Å². The van der Waals surface area contributed by atoms with Gasteiger partial charge in [0.05, 0.1) is 17.7 Å². The van der Waals surface area contributed by atoms with E-state index < -0.39 is 22.5 Å². The molecule has 0 fully saturated rings. The Kier molecular flexibility index (Phi) is 7.34. The normalized spacial score (nSPS) is 10.9. The van der Waals surface area contributed by atoms with E-state index >= 15 is 0 Å². The van der Waals surface area contributed by atoms with Crippen molar-refractivity contribution < 1.29 is 22.7 Å². The highest BCUT2D eigenvalue weighted by Gasteiger charge is 2.27. The predicted octanol–water partition coefficient (Wildman–Crippen LogP) is 3.80. The van der Waals surface area contributed by atoms with Gasteiger partial charge in [-0.2, -0.15) is 0 Å². The van der Waals surface area contributed by atoms with Gasteiger partial charge in [0, 0.05) is 24.4 Å². The number of carbonyl (C=O) groups excluding carboxylic acids is 2. The second-order valence-electron chi connectivity index (χ2n) is 7.34. The summed E-state index contributed by atoms with van der Waals surface area (Å²) < 4.78 is 33.2. The van der Waals surface area contributed by atoms with Crippen molar-refractivity contribution >= 4 is 38.9 Å². The standard InChI is InChI=1S/C24H25N3O5S/c1-17-10-12-23(13-11-17)33(30,31)27(21-8-5-9-22(15-21)32-3)16-24(29)26-20-7-4-6-19(14-20)25-18(2)28/h4-15H,16H2,1-3H3,(H,25,28)(H,26,29). The van der Waals surface area contributed by atoms with E-state index in [2.05, 4.69) is 10.6 Å². The third-order valence-electron chi connectivity index (χ3n) is 4.70. The molecule has 0 heterocycles. The zero-order valence-electron chi connectivity index (χ0n) is 18.5. The molecule has 0 aliphatic heterocycles. The maximum atomic E-state index is 13.5. The number of nitrogens with zero attached hydrogens (tertiary/aromatic N) is 1. The molecule has 33 heavy (non-hydrogen) atoms. The molecule has 0 radical (unpaired) electrons. The van der Waals surface area contributed by atoms with Crippen LogP contribution in [-0.2, 0) is 19.6 Å². The number of carbonyl (C=O) groups is 2. The van der Waals surface area contributed by atoms with Gasteiger partial charge in [0.2, 0.25) is 11.8 Å². The lowest BCUT2D eigenvalue weighted by Gasteiger charge is -2.24. The lowest BCUT2D eigenvalue weighted by Crippen LogP contribution is -2.38. The van der Waals surface area contributed by atoms with Gasteiger partial charge >= 0.3 is 0 Å². The summed E-state index contributed by atoms with van der Waals surface area (Å²) in [6.45, 7) is 2.78. The van der Waals surface area contributed by atoms with E-state index in [0.717, 1.165) is 9.87 Å². The molecule has 8 nitrogen and oxygen atoms in total. The highest BCUT2D eigenvalue weighted by atomic mass is 32.2. The molecule has 9 heteroatoms. The summed E-state index contributed by atoms with van der Waals surface area (Å²) in [7, 11) is -2.57. The predicted molar refractivity (Wildman–Crippen MR) is 128 cm³/mol. The van der Waals surface area contributed by atoms with Crippen molar-refractivity contribution in [2.24, 2.45) is 0 Å². The lowest BCUT2D eigenvalue weighted by atomic mass is 10.2. The van der Waals surface area contributed by atoms with Crippen LogP contribution in [0.25, 0.3) is 0 Å². The molecule has 0 aliphatic rings. The number of rotatable bonds is 8. The van der Waals surface area contributed by atoms with Crippen molar-refractivity contribution in [1.29, 1.82) is 0 Å². The Labute approximate surface area is 193 Å². The molecule has 0 saturated heterocycles. The Balaban J connectivity index is 1.92. The zero-order valence-corrected chi connectivity index (χ0v) is 19.3. The number of methoxy groups -OCH3 is 1. The molecule has 0 aliphatic carbocycles. The Hall–Kier alpha value is -3.85. The quantitative estimate of drug-likeness (QED) is 0.524. The number of hydrogen-bond acceptors (Lipinski definition) is 5. The first-order valence-electron chi connectivity index (χ1n) is 10.1. The number of amides is 2. The van der Waals surface area contributed by atoms with Crippen LogP contribution in [0.3, 0.4) is 0 Å². The molecule has 0 saturated carbocycles. The molecule has 0 unspecified atom stereocenters. The second kappa shape index (κ2) is 10.2. The number of sulfonamides is 1. The number of benzene rings is 3. The molecule has 0 atom stereocenters. The third-order valence-corrected chi connectivity index (χ3v) is 6.49. The minimum Gasteiger partial charge on any atom is -0.497 e. The Morgan fingerprint density at radius 1 is 0.909 bits per heavy atom. The number of anilines is 3. The smallest absolute Gasteiger partial charge is 0.264 e. The van der Waals surface area contributed by atoms with Gasteiger partial charge in [0.25, 0.3) is 10.0 Å². The topological polar surface area (TPSA) is 105 Å². The Morgan fingerprint density at radius 2 is 1.55 bits per heavy atom. The van der Waals surface area contributed by atoms with Crippen LogP contribution in [0.4, 0.5) is 17.1 Å². The van der Waals surface area contributed by atoms with Gasteiger partial charge in [-0.25, -0.2) is 8.42 Å². The maximum absolute atomic E-state index is 13.5. The molecular weight excluding hydrogens is 442 g/mol. The van der Waals surface area contributed by atoms with Crippen molar-refractivity contribution in [1.82, 2.24) is 0 Å². The second-order valence-corrected chi connectivity index (χ2v) is 9.20. The van der Waals surface area contributed by atoms with Gasteiger partial charge < -0.3 is 15.4 Å². The van der Waals surface area contributed by atoms with Gasteiger partial charge in [-0.1, -0.05) is 29.8 Å². The molecule has 3 aromatic rings. The van der Waals surface area contributed by atoms with Crippen molar-refractivity contribution in [3.8, 4) is 5.75 Å². The molecule has 0 spiro atoms. The summed E-state index contributed by atoms with van der Waals surface area (Å²) in [6.07, 6.45) is 0. The van der Waals surface area contributed by atoms with E-state index in [9.17, 15) is 18.0 Å². The van der Waals surface area contributed by atoms with Gasteiger partial charge in [0.1, 0.15) is 12.3 Å². The average Bonchev–Trinajstić information content (AvgIpc) is 2.77. The van der Waals surface area contributed by atoms with Crippen LogP contribution in [0.15, 0.2) is 77.7 Å². The van der Waals surface area contributed by atoms with E-state index in [1.54, 1.807) is 60.7 Å². The molecular formula is C24H25N3O5S. The van der Waals surface area contributed by atoms with Crippen molar-refractivity contribution in [2.75, 3.05) is 28.6 Å². The number of ether oxygens (including phenoxy) is 1. The van der Waals surface area contributed by atoms with Crippen LogP contribution in [0.5, 0.6) is 5.75 Å². The highest BCUT2D eigenvalue weighted by molar-refractivity contribution is 7.92. The molecule has 2 amide bonds. The summed E-state index contributed by atoms with van der Waals surface area (Å²) in [5, 5.41) is 5.33. The zero-order chi connectivity index (χ0) is 24.0. The summed E-state index contributed by atoms with van der Waals surface area (Å²) >= 11 is 0. The third kappa shape index (κ3) is 6.11. The minimum absolute atomic E-state index is 0.0661. The van der Waals surface area contributed by atoms with Crippen LogP contribution in [0.1, 0.15) is 12.5 Å². The van der Waals surface area contributed by atoms with Crippen molar-refractivity contribution in [3.05, 3.63) is 78.4 Å². The maximum Gasteiger partial charge on any atom is 0.264 e. The summed E-state index contributed by atoms with van der Waals surface area (Å²) in [6, 6.07) is 19.5. The van der Waals surface area contributed by atoms with E-state index in [4.69, 9.17) is 4.74 Å². The highest BCUT2D eigenvalue weighted by Crippen LogP contribution is 2.27. The summed E-state index contributed by atoms with van der Waals surface area (Å²) in [4.78, 5) is 24.2. The summed E-state index contributed by atoms with van der Waals surface area (Å²) in [5.74, 6) is -0.333. The van der Waals surface area contributed by atoms with Crippen LogP contribution in [-0.4, -0.2) is 33.9 Å². The molecule has 0 bridgehead atoms. The van der Waals surface area contributed by atoms with E-state index in [0.29, 0.717) is 17.1 Å². The van der Waals surface area contributed by atoms with Crippen LogP contribution < -0.4 is 19.7 Å². The SMILES string of the molecule is COc1cccc(N(CC(=O)Nc2cccc(NC(C)=O)c2)S(=O)(=O)c2ccc(C)cc2)c1. The summed E-state index contributed by atoms with van der Waals surface area (Å²) in [5.41, 5.74) is 2.14. The Bertz CT molecular complexity index is 1260. The first-order valence-corrected chi connectivity index (χ1v) is 11.5. The largest absolute Gasteiger partial charge is 0.497 e. The van der Waals surface area contributed by atoms with Crippen molar-refractivity contribution in [2.45, 2.75) is 18.7 Å². The van der Waals surface area contributed by atoms with Gasteiger partial charge in [-0.05, 0) is 49.4 Å². The first kappa shape index (κ1) is 23.8. The average molecular weight is 468 g/mol. The fourth-order valence-electron chi connectivity index (χ4n) is 3.13. The lowest BCUT2D eigenvalue weighted by molar-refractivity contribution is -0.115. The monoisotopic (exact) mass is 467 g/mol. The molecule has 172 valence electrons. The first-order chi connectivity index (χ1) is 15.7. The van der Waals surface area contributed by atoms with Gasteiger partial charge in [-0.15, -0.1) is 0 Å². The molecule has 3 rings (SSSR count). The number of aryl methyl sites for hydroxylation is 1. The van der Waals surface area contributed by atoms with Crippen LogP contribution in [0, 0.1) is 6.92 Å². The minimum atomic E-state index is -4.05. The van der Waals surface area contributed by atoms with Crippen LogP contribution in [0.2, 0.25) is 0 Å². The van der Waals surface area contributed by atoms with E-state index in [1.165, 1.54) is 26.2 Å². The Morgan fingerprint density at radius 3 is 2.18 bits per heavy atom. The molecule has 2 N–H and O–H groups in total. The van der Waals surface area contributed by atoms with Gasteiger partial charge in [-0.3, -0.25) is 13.9 Å². The number of hydrogen-bond donors (Lipinski definition) is 2.